The minimum atomic E-state index is -0.742. The first-order valence-electron chi connectivity index (χ1n) is 7.12. The van der Waals surface area contributed by atoms with Gasteiger partial charge in [0.2, 0.25) is 5.91 Å². The van der Waals surface area contributed by atoms with Crippen molar-refractivity contribution < 1.29 is 9.90 Å². The zero-order valence-corrected chi connectivity index (χ0v) is 11.6. The summed E-state index contributed by atoms with van der Waals surface area (Å²) >= 11 is 0. The van der Waals surface area contributed by atoms with Crippen molar-refractivity contribution in [3.63, 3.8) is 0 Å². The quantitative estimate of drug-likeness (QED) is 0.854. The second kappa shape index (κ2) is 6.20. The molecule has 3 nitrogen and oxygen atoms in total. The lowest BCUT2D eigenvalue weighted by Crippen LogP contribution is -2.35. The Morgan fingerprint density at radius 2 is 1.89 bits per heavy atom. The molecule has 2 rings (SSSR count). The van der Waals surface area contributed by atoms with Crippen molar-refractivity contribution in [1.29, 1.82) is 0 Å². The van der Waals surface area contributed by atoms with Crippen LogP contribution >= 0.6 is 0 Å². The van der Waals surface area contributed by atoms with Crippen LogP contribution in [0.25, 0.3) is 0 Å². The molecule has 0 radical (unpaired) electrons. The molecule has 1 fully saturated rings. The zero-order chi connectivity index (χ0) is 13.7. The van der Waals surface area contributed by atoms with E-state index in [4.69, 9.17) is 0 Å². The molecule has 2 N–H and O–H groups in total. The Balaban J connectivity index is 1.70. The SMILES string of the molecule is Cc1ccc(CCNC(=O)CC2(O)CCCC2)cc1. The number of aryl methyl sites for hydroxylation is 1. The van der Waals surface area contributed by atoms with Crippen LogP contribution in [-0.2, 0) is 11.2 Å². The summed E-state index contributed by atoms with van der Waals surface area (Å²) in [5.74, 6) is -0.0310. The van der Waals surface area contributed by atoms with Gasteiger partial charge in [0.25, 0.3) is 0 Å². The van der Waals surface area contributed by atoms with E-state index in [1.165, 1.54) is 11.1 Å². The predicted molar refractivity (Wildman–Crippen MR) is 75.9 cm³/mol. The topological polar surface area (TPSA) is 49.3 Å². The average molecular weight is 261 g/mol. The number of hydrogen-bond acceptors (Lipinski definition) is 2. The van der Waals surface area contributed by atoms with Crippen LogP contribution in [0.1, 0.15) is 43.2 Å². The normalized spacial score (nSPS) is 17.4. The van der Waals surface area contributed by atoms with Gasteiger partial charge in [-0.3, -0.25) is 4.79 Å². The second-order valence-corrected chi connectivity index (χ2v) is 5.69. The third-order valence-corrected chi connectivity index (χ3v) is 3.88. The van der Waals surface area contributed by atoms with E-state index >= 15 is 0 Å². The first-order chi connectivity index (χ1) is 9.07. The molecule has 1 aliphatic rings. The van der Waals surface area contributed by atoms with Crippen LogP contribution in [0, 0.1) is 6.92 Å². The van der Waals surface area contributed by atoms with Gasteiger partial charge in [0, 0.05) is 6.54 Å². The van der Waals surface area contributed by atoms with Crippen molar-refractivity contribution in [2.75, 3.05) is 6.54 Å². The van der Waals surface area contributed by atoms with E-state index in [9.17, 15) is 9.90 Å². The summed E-state index contributed by atoms with van der Waals surface area (Å²) in [5.41, 5.74) is 1.73. The van der Waals surface area contributed by atoms with E-state index in [0.717, 1.165) is 32.1 Å². The van der Waals surface area contributed by atoms with Gasteiger partial charge in [-0.1, -0.05) is 42.7 Å². The monoisotopic (exact) mass is 261 g/mol. The van der Waals surface area contributed by atoms with E-state index in [-0.39, 0.29) is 12.3 Å². The molecule has 1 aromatic rings. The van der Waals surface area contributed by atoms with Crippen LogP contribution in [0.15, 0.2) is 24.3 Å². The molecule has 1 amide bonds. The fourth-order valence-corrected chi connectivity index (χ4v) is 2.67. The summed E-state index contributed by atoms with van der Waals surface area (Å²) in [6.07, 6.45) is 4.68. The lowest BCUT2D eigenvalue weighted by molar-refractivity contribution is -0.125. The Morgan fingerprint density at radius 1 is 1.26 bits per heavy atom. The number of aliphatic hydroxyl groups is 1. The maximum Gasteiger partial charge on any atom is 0.222 e. The molecule has 0 aromatic heterocycles. The van der Waals surface area contributed by atoms with Gasteiger partial charge in [-0.05, 0) is 31.7 Å². The highest BCUT2D eigenvalue weighted by atomic mass is 16.3. The first-order valence-corrected chi connectivity index (χ1v) is 7.12. The van der Waals surface area contributed by atoms with E-state index < -0.39 is 5.60 Å². The number of nitrogens with one attached hydrogen (secondary N) is 1. The third-order valence-electron chi connectivity index (χ3n) is 3.88. The first kappa shape index (κ1) is 14.1. The Bertz CT molecular complexity index is 419. The molecule has 1 aliphatic carbocycles. The summed E-state index contributed by atoms with van der Waals surface area (Å²) in [4.78, 5) is 11.8. The summed E-state index contributed by atoms with van der Waals surface area (Å²) in [6.45, 7) is 2.70. The number of carbonyl (C=O) groups is 1. The van der Waals surface area contributed by atoms with Crippen LogP contribution in [0.4, 0.5) is 0 Å². The summed E-state index contributed by atoms with van der Waals surface area (Å²) in [6, 6.07) is 8.34. The molecule has 0 aliphatic heterocycles. The Hall–Kier alpha value is -1.35. The van der Waals surface area contributed by atoms with Crippen LogP contribution in [-0.4, -0.2) is 23.2 Å². The van der Waals surface area contributed by atoms with E-state index in [1.807, 2.05) is 0 Å². The molecule has 1 aromatic carbocycles. The summed E-state index contributed by atoms with van der Waals surface area (Å²) < 4.78 is 0. The van der Waals surface area contributed by atoms with Crippen LogP contribution < -0.4 is 5.32 Å². The summed E-state index contributed by atoms with van der Waals surface area (Å²) in [5, 5.41) is 13.0. The smallest absolute Gasteiger partial charge is 0.222 e. The molecule has 19 heavy (non-hydrogen) atoms. The Labute approximate surface area is 115 Å². The number of carbonyl (C=O) groups excluding carboxylic acids is 1. The van der Waals surface area contributed by atoms with E-state index in [2.05, 4.69) is 36.5 Å². The molecule has 1 saturated carbocycles. The van der Waals surface area contributed by atoms with Gasteiger partial charge in [-0.15, -0.1) is 0 Å². The highest BCUT2D eigenvalue weighted by Crippen LogP contribution is 2.32. The lowest BCUT2D eigenvalue weighted by atomic mass is 9.97. The fourth-order valence-electron chi connectivity index (χ4n) is 2.67. The van der Waals surface area contributed by atoms with Gasteiger partial charge in [-0.25, -0.2) is 0 Å². The molecule has 0 unspecified atom stereocenters. The van der Waals surface area contributed by atoms with Crippen molar-refractivity contribution >= 4 is 5.91 Å². The number of hydrogen-bond donors (Lipinski definition) is 2. The number of rotatable bonds is 5. The van der Waals surface area contributed by atoms with Crippen LogP contribution in [0.5, 0.6) is 0 Å². The molecule has 0 spiro atoms. The molecule has 3 heteroatoms. The van der Waals surface area contributed by atoms with Gasteiger partial charge >= 0.3 is 0 Å². The van der Waals surface area contributed by atoms with Gasteiger partial charge in [-0.2, -0.15) is 0 Å². The molecule has 104 valence electrons. The van der Waals surface area contributed by atoms with Gasteiger partial charge < -0.3 is 10.4 Å². The predicted octanol–water partition coefficient (Wildman–Crippen LogP) is 2.35. The summed E-state index contributed by atoms with van der Waals surface area (Å²) in [7, 11) is 0. The molecule has 0 atom stereocenters. The van der Waals surface area contributed by atoms with Gasteiger partial charge in [0.1, 0.15) is 0 Å². The van der Waals surface area contributed by atoms with Crippen molar-refractivity contribution in [3.05, 3.63) is 35.4 Å². The molecule has 0 bridgehead atoms. The van der Waals surface area contributed by atoms with Crippen molar-refractivity contribution in [3.8, 4) is 0 Å². The Morgan fingerprint density at radius 3 is 2.53 bits per heavy atom. The molecular weight excluding hydrogens is 238 g/mol. The van der Waals surface area contributed by atoms with Crippen LogP contribution in [0.2, 0.25) is 0 Å². The maximum atomic E-state index is 11.8. The fraction of sp³-hybridized carbons (Fsp3) is 0.562. The average Bonchev–Trinajstić information content (AvgIpc) is 2.78. The standard InChI is InChI=1S/C16H23NO2/c1-13-4-6-14(7-5-13)8-11-17-15(18)12-16(19)9-2-3-10-16/h4-7,19H,2-3,8-12H2,1H3,(H,17,18). The van der Waals surface area contributed by atoms with Crippen LogP contribution in [0.3, 0.4) is 0 Å². The highest BCUT2D eigenvalue weighted by molar-refractivity contribution is 5.77. The Kier molecular flexibility index (Phi) is 4.59. The minimum absolute atomic E-state index is 0.0310. The van der Waals surface area contributed by atoms with Crippen molar-refractivity contribution in [2.45, 2.75) is 51.0 Å². The van der Waals surface area contributed by atoms with Crippen molar-refractivity contribution in [1.82, 2.24) is 5.32 Å². The molecular formula is C16H23NO2. The van der Waals surface area contributed by atoms with Crippen molar-refractivity contribution in [2.24, 2.45) is 0 Å². The van der Waals surface area contributed by atoms with E-state index in [1.54, 1.807) is 0 Å². The highest BCUT2D eigenvalue weighted by Gasteiger charge is 2.33. The minimum Gasteiger partial charge on any atom is -0.389 e. The lowest BCUT2D eigenvalue weighted by Gasteiger charge is -2.21. The van der Waals surface area contributed by atoms with Gasteiger partial charge in [0.15, 0.2) is 0 Å². The zero-order valence-electron chi connectivity index (χ0n) is 11.6. The van der Waals surface area contributed by atoms with Gasteiger partial charge in [0.05, 0.1) is 12.0 Å². The largest absolute Gasteiger partial charge is 0.389 e. The molecule has 0 heterocycles. The number of benzene rings is 1. The van der Waals surface area contributed by atoms with E-state index in [0.29, 0.717) is 6.54 Å². The number of amides is 1. The second-order valence-electron chi connectivity index (χ2n) is 5.69. The third kappa shape index (κ3) is 4.35. The molecule has 0 saturated heterocycles. The maximum absolute atomic E-state index is 11.8.